The predicted octanol–water partition coefficient (Wildman–Crippen LogP) is 4.65. The minimum Gasteiger partial charge on any atom is -0.484 e. The summed E-state index contributed by atoms with van der Waals surface area (Å²) in [5.74, 6) is 0.318. The Morgan fingerprint density at radius 3 is 2.45 bits per heavy atom. The summed E-state index contributed by atoms with van der Waals surface area (Å²) in [7, 11) is 0. The van der Waals surface area contributed by atoms with Crippen LogP contribution in [0.15, 0.2) is 66.7 Å². The Balaban J connectivity index is 1.44. The van der Waals surface area contributed by atoms with Crippen LogP contribution >= 0.6 is 11.6 Å². The van der Waals surface area contributed by atoms with Crippen LogP contribution in [0.2, 0.25) is 5.02 Å². The molecule has 1 N–H and O–H groups in total. The number of carbonyl (C=O) groups is 1. The van der Waals surface area contributed by atoms with E-state index < -0.39 is 0 Å². The van der Waals surface area contributed by atoms with Crippen LogP contribution < -0.4 is 10.1 Å². The zero-order chi connectivity index (χ0) is 20.2. The lowest BCUT2D eigenvalue weighted by molar-refractivity contribution is -0.118. The number of aryl methyl sites for hydroxylation is 1. The largest absolute Gasteiger partial charge is 0.484 e. The summed E-state index contributed by atoms with van der Waals surface area (Å²) < 4.78 is 5.46. The molecule has 7 heteroatoms. The van der Waals surface area contributed by atoms with Crippen LogP contribution in [-0.4, -0.2) is 27.5 Å². The lowest BCUT2D eigenvalue weighted by atomic mass is 10.2. The molecule has 6 nitrogen and oxygen atoms in total. The molecule has 0 saturated heterocycles. The molecular weight excluding hydrogens is 388 g/mol. The van der Waals surface area contributed by atoms with Crippen molar-refractivity contribution < 1.29 is 9.53 Å². The van der Waals surface area contributed by atoms with E-state index in [0.29, 0.717) is 22.0 Å². The van der Waals surface area contributed by atoms with Crippen molar-refractivity contribution in [1.82, 2.24) is 15.0 Å². The van der Waals surface area contributed by atoms with Gasteiger partial charge in [0.15, 0.2) is 6.61 Å². The zero-order valence-electron chi connectivity index (χ0n) is 15.8. The third-order valence-electron chi connectivity index (χ3n) is 4.42. The van der Waals surface area contributed by atoms with E-state index in [-0.39, 0.29) is 12.5 Å². The Morgan fingerprint density at radius 2 is 1.72 bits per heavy atom. The molecule has 3 aromatic carbocycles. The third kappa shape index (κ3) is 4.55. The highest BCUT2D eigenvalue weighted by molar-refractivity contribution is 6.30. The van der Waals surface area contributed by atoms with Crippen LogP contribution in [-0.2, 0) is 11.2 Å². The van der Waals surface area contributed by atoms with E-state index in [0.717, 1.165) is 17.6 Å². The summed E-state index contributed by atoms with van der Waals surface area (Å²) in [4.78, 5) is 13.8. The highest BCUT2D eigenvalue weighted by Gasteiger charge is 2.08. The second-order valence-corrected chi connectivity index (χ2v) is 6.94. The van der Waals surface area contributed by atoms with E-state index >= 15 is 0 Å². The van der Waals surface area contributed by atoms with Crippen molar-refractivity contribution in [3.05, 3.63) is 77.3 Å². The number of hydrogen-bond acceptors (Lipinski definition) is 4. The molecule has 146 valence electrons. The lowest BCUT2D eigenvalue weighted by Crippen LogP contribution is -2.20. The van der Waals surface area contributed by atoms with Gasteiger partial charge in [0.2, 0.25) is 0 Å². The van der Waals surface area contributed by atoms with Gasteiger partial charge >= 0.3 is 0 Å². The molecule has 1 heterocycles. The van der Waals surface area contributed by atoms with Crippen LogP contribution in [0.1, 0.15) is 12.5 Å². The second kappa shape index (κ2) is 8.32. The van der Waals surface area contributed by atoms with Crippen molar-refractivity contribution in [2.75, 3.05) is 11.9 Å². The molecule has 29 heavy (non-hydrogen) atoms. The molecule has 0 atom stereocenters. The lowest BCUT2D eigenvalue weighted by Gasteiger charge is -2.07. The fourth-order valence-corrected chi connectivity index (χ4v) is 2.98. The number of benzene rings is 3. The molecular formula is C22H19ClN4O2. The second-order valence-electron chi connectivity index (χ2n) is 6.50. The van der Waals surface area contributed by atoms with Gasteiger partial charge in [0, 0.05) is 10.7 Å². The maximum Gasteiger partial charge on any atom is 0.262 e. The van der Waals surface area contributed by atoms with Crippen molar-refractivity contribution in [3.8, 4) is 11.4 Å². The normalized spacial score (nSPS) is 10.8. The number of carbonyl (C=O) groups excluding carboxylic acids is 1. The Bertz CT molecular complexity index is 1140. The van der Waals surface area contributed by atoms with Crippen LogP contribution in [0.25, 0.3) is 16.7 Å². The number of nitrogens with one attached hydrogen (secondary N) is 1. The van der Waals surface area contributed by atoms with Crippen molar-refractivity contribution >= 4 is 34.2 Å². The number of aromatic nitrogens is 3. The topological polar surface area (TPSA) is 69.0 Å². The summed E-state index contributed by atoms with van der Waals surface area (Å²) in [5.41, 5.74) is 4.23. The van der Waals surface area contributed by atoms with Crippen LogP contribution in [0.5, 0.6) is 5.75 Å². The number of hydrogen-bond donors (Lipinski definition) is 1. The summed E-state index contributed by atoms with van der Waals surface area (Å²) in [5, 5.41) is 12.4. The fourth-order valence-electron chi connectivity index (χ4n) is 2.85. The van der Waals surface area contributed by atoms with Crippen molar-refractivity contribution in [1.29, 1.82) is 0 Å². The van der Waals surface area contributed by atoms with Crippen LogP contribution in [0.3, 0.4) is 0 Å². The highest BCUT2D eigenvalue weighted by Crippen LogP contribution is 2.19. The molecule has 0 spiro atoms. The molecule has 0 saturated carbocycles. The Hall–Kier alpha value is -3.38. The smallest absolute Gasteiger partial charge is 0.262 e. The van der Waals surface area contributed by atoms with E-state index in [1.54, 1.807) is 41.2 Å². The standard InChI is InChI=1S/C22H19ClN4O2/c1-2-15-3-8-18(9-4-15)27-25-20-12-7-17(13-21(20)26-27)24-22(28)14-29-19-10-5-16(23)6-11-19/h3-13H,2,14H2,1H3,(H,24,28). The first-order valence-electron chi connectivity index (χ1n) is 9.25. The predicted molar refractivity (Wildman–Crippen MR) is 114 cm³/mol. The van der Waals surface area contributed by atoms with Gasteiger partial charge in [0.25, 0.3) is 5.91 Å². The van der Waals surface area contributed by atoms with Crippen molar-refractivity contribution in [3.63, 3.8) is 0 Å². The summed E-state index contributed by atoms with van der Waals surface area (Å²) in [6.07, 6.45) is 0.986. The molecule has 4 rings (SSSR count). The van der Waals surface area contributed by atoms with Gasteiger partial charge in [-0.15, -0.1) is 10.2 Å². The van der Waals surface area contributed by atoms with Gasteiger partial charge in [-0.25, -0.2) is 0 Å². The van der Waals surface area contributed by atoms with Gasteiger partial charge in [-0.2, -0.15) is 4.80 Å². The van der Waals surface area contributed by atoms with Gasteiger partial charge in [-0.1, -0.05) is 30.7 Å². The average molecular weight is 407 g/mol. The van der Waals surface area contributed by atoms with Crippen LogP contribution in [0.4, 0.5) is 5.69 Å². The van der Waals surface area contributed by atoms with Gasteiger partial charge in [-0.05, 0) is 66.6 Å². The maximum atomic E-state index is 12.2. The highest BCUT2D eigenvalue weighted by atomic mass is 35.5. The first-order chi connectivity index (χ1) is 14.1. The number of amides is 1. The summed E-state index contributed by atoms with van der Waals surface area (Å²) >= 11 is 5.84. The summed E-state index contributed by atoms with van der Waals surface area (Å²) in [6, 6.07) is 20.4. The molecule has 0 unspecified atom stereocenters. The Kier molecular flexibility index (Phi) is 5.44. The Morgan fingerprint density at radius 1 is 1.00 bits per heavy atom. The van der Waals surface area contributed by atoms with Crippen LogP contribution in [0, 0.1) is 0 Å². The number of ether oxygens (including phenoxy) is 1. The molecule has 0 aliphatic rings. The van der Waals surface area contributed by atoms with Crippen molar-refractivity contribution in [2.24, 2.45) is 0 Å². The number of halogens is 1. The number of rotatable bonds is 6. The average Bonchev–Trinajstić information content (AvgIpc) is 3.17. The number of fused-ring (bicyclic) bond motifs is 1. The fraction of sp³-hybridized carbons (Fsp3) is 0.136. The molecule has 0 aliphatic carbocycles. The molecule has 1 aromatic heterocycles. The van der Waals surface area contributed by atoms with Gasteiger partial charge in [0.1, 0.15) is 16.8 Å². The monoisotopic (exact) mass is 406 g/mol. The van der Waals surface area contributed by atoms with Crippen molar-refractivity contribution in [2.45, 2.75) is 13.3 Å². The number of anilines is 1. The first-order valence-corrected chi connectivity index (χ1v) is 9.63. The van der Waals surface area contributed by atoms with Gasteiger partial charge in [-0.3, -0.25) is 4.79 Å². The minimum absolute atomic E-state index is 0.101. The third-order valence-corrected chi connectivity index (χ3v) is 4.68. The molecule has 0 radical (unpaired) electrons. The quantitative estimate of drug-likeness (QED) is 0.506. The Labute approximate surface area is 173 Å². The molecule has 4 aromatic rings. The van der Waals surface area contributed by atoms with Gasteiger partial charge < -0.3 is 10.1 Å². The summed E-state index contributed by atoms with van der Waals surface area (Å²) in [6.45, 7) is 2.02. The number of nitrogens with zero attached hydrogens (tertiary/aromatic N) is 3. The molecule has 0 fully saturated rings. The minimum atomic E-state index is -0.262. The zero-order valence-corrected chi connectivity index (χ0v) is 16.6. The first kappa shape index (κ1) is 19.0. The van der Waals surface area contributed by atoms with E-state index in [1.165, 1.54) is 5.56 Å². The SMILES string of the molecule is CCc1ccc(-n2nc3ccc(NC(=O)COc4ccc(Cl)cc4)cc3n2)cc1. The molecule has 0 bridgehead atoms. The van der Waals surface area contributed by atoms with E-state index in [1.807, 2.05) is 18.2 Å². The van der Waals surface area contributed by atoms with Gasteiger partial charge in [0.05, 0.1) is 5.69 Å². The van der Waals surface area contributed by atoms with E-state index in [9.17, 15) is 4.79 Å². The molecule has 0 aliphatic heterocycles. The van der Waals surface area contributed by atoms with E-state index in [4.69, 9.17) is 16.3 Å². The maximum absolute atomic E-state index is 12.2. The molecule has 1 amide bonds. The van der Waals surface area contributed by atoms with E-state index in [2.05, 4.69) is 34.6 Å².